The van der Waals surface area contributed by atoms with Gasteiger partial charge in [-0.2, -0.15) is 0 Å². The maximum absolute atomic E-state index is 14.1. The van der Waals surface area contributed by atoms with E-state index in [9.17, 15) is 14.0 Å². The molecular formula is C23H28FN5O2S. The maximum Gasteiger partial charge on any atom is 0.278 e. The van der Waals surface area contributed by atoms with Crippen molar-refractivity contribution in [2.45, 2.75) is 38.4 Å². The maximum atomic E-state index is 14.1. The number of fused-ring (bicyclic) bond motifs is 1. The lowest BCUT2D eigenvalue weighted by Crippen LogP contribution is -2.49. The van der Waals surface area contributed by atoms with Crippen LogP contribution in [0.3, 0.4) is 0 Å². The molecule has 0 aliphatic carbocycles. The number of aromatic amines is 1. The summed E-state index contributed by atoms with van der Waals surface area (Å²) in [7, 11) is 0. The van der Waals surface area contributed by atoms with Crippen LogP contribution in [0.4, 0.5) is 10.1 Å². The Labute approximate surface area is 190 Å². The van der Waals surface area contributed by atoms with Gasteiger partial charge in [0, 0.05) is 37.9 Å². The van der Waals surface area contributed by atoms with Gasteiger partial charge in [0.25, 0.3) is 5.56 Å². The second kappa shape index (κ2) is 9.36. The number of benzene rings is 1. The van der Waals surface area contributed by atoms with E-state index in [1.807, 2.05) is 37.8 Å². The van der Waals surface area contributed by atoms with Crippen molar-refractivity contribution in [2.75, 3.05) is 36.8 Å². The molecule has 2 aromatic heterocycles. The number of nitrogens with one attached hydrogen (secondary N) is 1. The summed E-state index contributed by atoms with van der Waals surface area (Å²) in [5, 5.41) is 0.564. The fourth-order valence-corrected chi connectivity index (χ4v) is 4.99. The lowest BCUT2D eigenvalue weighted by Gasteiger charge is -2.36. The van der Waals surface area contributed by atoms with Gasteiger partial charge in [0.15, 0.2) is 5.16 Å². The predicted molar refractivity (Wildman–Crippen MR) is 126 cm³/mol. The van der Waals surface area contributed by atoms with Gasteiger partial charge in [-0.15, -0.1) is 0 Å². The summed E-state index contributed by atoms with van der Waals surface area (Å²) in [6.07, 6.45) is 0.784. The van der Waals surface area contributed by atoms with Gasteiger partial charge < -0.3 is 14.8 Å². The summed E-state index contributed by atoms with van der Waals surface area (Å²) in [5.41, 5.74) is 2.48. The van der Waals surface area contributed by atoms with Crippen molar-refractivity contribution < 1.29 is 9.18 Å². The topological polar surface area (TPSA) is 74.2 Å². The predicted octanol–water partition coefficient (Wildman–Crippen LogP) is 3.58. The zero-order chi connectivity index (χ0) is 22.8. The number of anilines is 1. The summed E-state index contributed by atoms with van der Waals surface area (Å²) in [6.45, 7) is 8.15. The first-order valence-corrected chi connectivity index (χ1v) is 11.9. The first-order chi connectivity index (χ1) is 15.4. The van der Waals surface area contributed by atoms with Gasteiger partial charge in [-0.3, -0.25) is 14.2 Å². The molecule has 1 aliphatic rings. The molecular weight excluding hydrogens is 429 g/mol. The normalized spacial score (nSPS) is 15.4. The average Bonchev–Trinajstić information content (AvgIpc) is 3.18. The van der Waals surface area contributed by atoms with E-state index in [1.165, 1.54) is 17.8 Å². The molecule has 9 heteroatoms. The highest BCUT2D eigenvalue weighted by Crippen LogP contribution is 2.24. The van der Waals surface area contributed by atoms with E-state index in [-0.39, 0.29) is 29.1 Å². The van der Waals surface area contributed by atoms with E-state index >= 15 is 0 Å². The summed E-state index contributed by atoms with van der Waals surface area (Å²) in [6, 6.07) is 8.54. The number of carbonyl (C=O) groups is 1. The van der Waals surface area contributed by atoms with Crippen molar-refractivity contribution in [1.82, 2.24) is 19.4 Å². The molecule has 7 nitrogen and oxygen atoms in total. The van der Waals surface area contributed by atoms with Crippen LogP contribution in [0, 0.1) is 12.7 Å². The third-order valence-electron chi connectivity index (χ3n) is 5.97. The Morgan fingerprint density at radius 3 is 2.66 bits per heavy atom. The molecule has 1 unspecified atom stereocenters. The van der Waals surface area contributed by atoms with Crippen molar-refractivity contribution in [3.05, 3.63) is 52.2 Å². The van der Waals surface area contributed by atoms with E-state index in [0.717, 1.165) is 12.1 Å². The molecule has 3 heterocycles. The van der Waals surface area contributed by atoms with Crippen molar-refractivity contribution in [1.29, 1.82) is 0 Å². The zero-order valence-corrected chi connectivity index (χ0v) is 19.4. The fraction of sp³-hybridized carbons (Fsp3) is 0.435. The third kappa shape index (κ3) is 4.39. The molecule has 170 valence electrons. The van der Waals surface area contributed by atoms with Crippen molar-refractivity contribution in [2.24, 2.45) is 0 Å². The molecule has 1 aliphatic heterocycles. The SMILES string of the molecule is CCC(C)n1c(SCC(=O)N2CCN(c3ccccc3F)CC2)nc2cc(C)[nH]c2c1=O. The Bertz CT molecular complexity index is 1180. The fourth-order valence-electron chi connectivity index (χ4n) is 3.99. The van der Waals surface area contributed by atoms with Crippen LogP contribution in [0.25, 0.3) is 11.0 Å². The Hall–Kier alpha value is -2.81. The largest absolute Gasteiger partial charge is 0.366 e. The number of aromatic nitrogens is 3. The number of hydrogen-bond acceptors (Lipinski definition) is 5. The van der Waals surface area contributed by atoms with E-state index in [4.69, 9.17) is 0 Å². The number of piperazine rings is 1. The monoisotopic (exact) mass is 457 g/mol. The Balaban J connectivity index is 1.45. The Morgan fingerprint density at radius 2 is 1.97 bits per heavy atom. The zero-order valence-electron chi connectivity index (χ0n) is 18.6. The number of amides is 1. The summed E-state index contributed by atoms with van der Waals surface area (Å²) < 4.78 is 15.7. The first kappa shape index (κ1) is 22.4. The number of para-hydroxylation sites is 1. The smallest absolute Gasteiger partial charge is 0.278 e. The summed E-state index contributed by atoms with van der Waals surface area (Å²) in [5.74, 6) is -0.0388. The van der Waals surface area contributed by atoms with Crippen LogP contribution in [0.2, 0.25) is 0 Å². The third-order valence-corrected chi connectivity index (χ3v) is 6.91. The van der Waals surface area contributed by atoms with Crippen LogP contribution in [0.15, 0.2) is 40.3 Å². The molecule has 1 aromatic carbocycles. The molecule has 1 amide bonds. The number of halogens is 1. The number of hydrogen-bond donors (Lipinski definition) is 1. The Kier molecular flexibility index (Phi) is 6.55. The van der Waals surface area contributed by atoms with Crippen LogP contribution in [0.5, 0.6) is 0 Å². The number of aryl methyl sites for hydroxylation is 1. The number of thioether (sulfide) groups is 1. The highest BCUT2D eigenvalue weighted by molar-refractivity contribution is 7.99. The van der Waals surface area contributed by atoms with E-state index in [1.54, 1.807) is 21.6 Å². The van der Waals surface area contributed by atoms with Crippen molar-refractivity contribution >= 4 is 34.4 Å². The van der Waals surface area contributed by atoms with E-state index in [2.05, 4.69) is 9.97 Å². The van der Waals surface area contributed by atoms with E-state index in [0.29, 0.717) is 48.1 Å². The molecule has 1 saturated heterocycles. The molecule has 1 atom stereocenters. The second-order valence-electron chi connectivity index (χ2n) is 8.15. The number of carbonyl (C=O) groups excluding carboxylic acids is 1. The van der Waals surface area contributed by atoms with Crippen LogP contribution in [0.1, 0.15) is 32.0 Å². The van der Waals surface area contributed by atoms with Gasteiger partial charge in [-0.05, 0) is 38.5 Å². The quantitative estimate of drug-likeness (QED) is 0.452. The average molecular weight is 458 g/mol. The number of H-pyrrole nitrogens is 1. The molecule has 0 spiro atoms. The van der Waals surface area contributed by atoms with E-state index < -0.39 is 0 Å². The van der Waals surface area contributed by atoms with Gasteiger partial charge in [0.05, 0.1) is 17.0 Å². The minimum Gasteiger partial charge on any atom is -0.366 e. The number of rotatable bonds is 6. The van der Waals surface area contributed by atoms with Crippen LogP contribution >= 0.6 is 11.8 Å². The second-order valence-corrected chi connectivity index (χ2v) is 9.09. The highest BCUT2D eigenvalue weighted by atomic mass is 32.2. The standard InChI is InChI=1S/C23H28FN5O2S/c1-4-16(3)29-22(31)21-18(13-15(2)25-21)26-23(29)32-14-20(30)28-11-9-27(10-12-28)19-8-6-5-7-17(19)24/h5-8,13,16,25H,4,9-12,14H2,1-3H3. The van der Waals surface area contributed by atoms with Gasteiger partial charge in [0.1, 0.15) is 11.3 Å². The summed E-state index contributed by atoms with van der Waals surface area (Å²) >= 11 is 1.30. The molecule has 4 rings (SSSR count). The molecule has 0 saturated carbocycles. The first-order valence-electron chi connectivity index (χ1n) is 10.9. The van der Waals surface area contributed by atoms with Gasteiger partial charge in [0.2, 0.25) is 5.91 Å². The highest BCUT2D eigenvalue weighted by Gasteiger charge is 2.24. The minimum atomic E-state index is -0.243. The van der Waals surface area contributed by atoms with Crippen LogP contribution < -0.4 is 10.5 Å². The molecule has 3 aromatic rings. The molecule has 0 bridgehead atoms. The van der Waals surface area contributed by atoms with Crippen LogP contribution in [-0.2, 0) is 4.79 Å². The Morgan fingerprint density at radius 1 is 1.25 bits per heavy atom. The summed E-state index contributed by atoms with van der Waals surface area (Å²) in [4.78, 5) is 37.5. The lowest BCUT2D eigenvalue weighted by molar-refractivity contribution is -0.128. The van der Waals surface area contributed by atoms with Crippen molar-refractivity contribution in [3.8, 4) is 0 Å². The minimum absolute atomic E-state index is 0.00141. The number of nitrogens with zero attached hydrogens (tertiary/aromatic N) is 4. The molecule has 1 fully saturated rings. The van der Waals surface area contributed by atoms with Gasteiger partial charge in [-0.25, -0.2) is 9.37 Å². The molecule has 32 heavy (non-hydrogen) atoms. The molecule has 0 radical (unpaired) electrons. The van der Waals surface area contributed by atoms with Gasteiger partial charge >= 0.3 is 0 Å². The van der Waals surface area contributed by atoms with Crippen LogP contribution in [-0.4, -0.2) is 57.3 Å². The van der Waals surface area contributed by atoms with Crippen molar-refractivity contribution in [3.63, 3.8) is 0 Å². The van der Waals surface area contributed by atoms with Gasteiger partial charge in [-0.1, -0.05) is 30.8 Å². The molecule has 1 N–H and O–H groups in total. The lowest BCUT2D eigenvalue weighted by atomic mass is 10.2.